The number of hydrogen-bond donors (Lipinski definition) is 0. The molecule has 0 saturated heterocycles. The fourth-order valence-corrected chi connectivity index (χ4v) is 20.2. The van der Waals surface area contributed by atoms with Crippen LogP contribution in [-0.2, 0) is 0 Å². The molecule has 26 aromatic rings. The summed E-state index contributed by atoms with van der Waals surface area (Å²) in [5.74, 6) is 1.42. The Kier molecular flexibility index (Phi) is 18.2. The second-order valence-electron chi connectivity index (χ2n) is 33.8. The molecule has 0 radical (unpaired) electrons. The molecule has 0 aliphatic heterocycles. The number of para-hydroxylation sites is 2. The Hall–Kier alpha value is -17.3. The van der Waals surface area contributed by atoms with Gasteiger partial charge in [-0.15, -0.1) is 0 Å². The Labute approximate surface area is 750 Å². The van der Waals surface area contributed by atoms with Crippen LogP contribution in [-0.4, -0.2) is 29.1 Å². The Morgan fingerprint density at radius 1 is 0.146 bits per heavy atom. The summed E-state index contributed by atoms with van der Waals surface area (Å²) in [6.45, 7) is 0. The van der Waals surface area contributed by atoms with Gasteiger partial charge in [-0.1, -0.05) is 406 Å². The van der Waals surface area contributed by atoms with Gasteiger partial charge in [0, 0.05) is 65.9 Å². The van der Waals surface area contributed by atoms with Gasteiger partial charge in [-0.05, 0) is 198 Å². The zero-order valence-corrected chi connectivity index (χ0v) is 70.7. The number of benzene rings is 22. The highest BCUT2D eigenvalue weighted by Gasteiger charge is 2.25. The molecule has 0 amide bonds. The smallest absolute Gasteiger partial charge is 0.161 e. The normalized spacial score (nSPS) is 11.7. The van der Waals surface area contributed by atoms with Crippen LogP contribution in [0.5, 0.6) is 0 Å². The van der Waals surface area contributed by atoms with Crippen LogP contribution < -0.4 is 0 Å². The highest BCUT2D eigenvalue weighted by Crippen LogP contribution is 2.49. The largest absolute Gasteiger partial charge is 0.309 e. The first kappa shape index (κ1) is 75.2. The van der Waals surface area contributed by atoms with Crippen molar-refractivity contribution in [1.82, 2.24) is 29.1 Å². The van der Waals surface area contributed by atoms with Crippen LogP contribution in [0.25, 0.3) is 253 Å². The molecule has 130 heavy (non-hydrogen) atoms. The summed E-state index contributed by atoms with van der Waals surface area (Å²) >= 11 is 0. The molecule has 0 N–H and O–H groups in total. The predicted molar refractivity (Wildman–Crippen MR) is 547 cm³/mol. The SMILES string of the molecule is c1ccc(-c2ccc(-c3ccc(-c4nc(-c5cccc6cc(-n7c8ccc9ccccc9c8c8c9ccccc9c(-c9ccccc9)cc87)ccc56)nc5ccccc45)cc3)cc2)cc1.c1ccc(-c2cccc(-c3ccc(-c4nc(-c5cccc6cc(-n7c8ccc9ccccc9c8c8c9ccccc9c(-c9ccccc9)cc87)ccc56)nc5ccccc45)cc3)c2)cc1. The highest BCUT2D eigenvalue weighted by molar-refractivity contribution is 6.32. The first-order valence-electron chi connectivity index (χ1n) is 44.5. The fourth-order valence-electron chi connectivity index (χ4n) is 20.2. The second-order valence-corrected chi connectivity index (χ2v) is 33.8. The van der Waals surface area contributed by atoms with E-state index in [0.29, 0.717) is 11.6 Å². The molecule has 604 valence electrons. The molecular formula is C124H78N6. The van der Waals surface area contributed by atoms with Gasteiger partial charge in [-0.2, -0.15) is 0 Å². The first-order chi connectivity index (χ1) is 64.5. The van der Waals surface area contributed by atoms with E-state index in [4.69, 9.17) is 19.9 Å². The van der Waals surface area contributed by atoms with Crippen molar-refractivity contribution in [3.63, 3.8) is 0 Å². The molecule has 6 nitrogen and oxygen atoms in total. The van der Waals surface area contributed by atoms with Gasteiger partial charge in [-0.25, -0.2) is 19.9 Å². The Morgan fingerprint density at radius 3 is 0.862 bits per heavy atom. The van der Waals surface area contributed by atoms with Crippen molar-refractivity contribution in [3.8, 4) is 123 Å². The lowest BCUT2D eigenvalue weighted by atomic mass is 9.94. The van der Waals surface area contributed by atoms with Gasteiger partial charge in [0.15, 0.2) is 11.6 Å². The van der Waals surface area contributed by atoms with E-state index < -0.39 is 0 Å². The summed E-state index contributed by atoms with van der Waals surface area (Å²) in [4.78, 5) is 21.2. The molecule has 0 fully saturated rings. The summed E-state index contributed by atoms with van der Waals surface area (Å²) < 4.78 is 4.93. The number of rotatable bonds is 12. The van der Waals surface area contributed by atoms with Crippen LogP contribution >= 0.6 is 0 Å². The van der Waals surface area contributed by atoms with Crippen molar-refractivity contribution in [2.24, 2.45) is 0 Å². The molecule has 6 heteroatoms. The van der Waals surface area contributed by atoms with E-state index in [9.17, 15) is 0 Å². The first-order valence-corrected chi connectivity index (χ1v) is 44.5. The average Bonchev–Trinajstić information content (AvgIpc) is 1.55. The van der Waals surface area contributed by atoms with Crippen LogP contribution in [0, 0.1) is 0 Å². The maximum atomic E-state index is 5.38. The van der Waals surface area contributed by atoms with Crippen LogP contribution in [0.1, 0.15) is 0 Å². The molecule has 0 unspecified atom stereocenters. The van der Waals surface area contributed by atoms with Crippen molar-refractivity contribution in [3.05, 3.63) is 473 Å². The van der Waals surface area contributed by atoms with E-state index in [0.717, 1.165) is 99.5 Å². The van der Waals surface area contributed by atoms with Gasteiger partial charge in [0.2, 0.25) is 0 Å². The van der Waals surface area contributed by atoms with Crippen molar-refractivity contribution in [2.75, 3.05) is 0 Å². The third kappa shape index (κ3) is 12.9. The van der Waals surface area contributed by atoms with Crippen molar-refractivity contribution >= 4 is 130 Å². The van der Waals surface area contributed by atoms with Crippen molar-refractivity contribution in [1.29, 1.82) is 0 Å². The van der Waals surface area contributed by atoms with Gasteiger partial charge in [0.1, 0.15) is 0 Å². The van der Waals surface area contributed by atoms with Crippen molar-refractivity contribution < 1.29 is 0 Å². The Balaban J connectivity index is 0.000000140. The molecule has 0 bridgehead atoms. The molecule has 22 aromatic carbocycles. The molecule has 4 heterocycles. The molecule has 0 saturated carbocycles. The summed E-state index contributed by atoms with van der Waals surface area (Å²) in [5, 5.41) is 21.6. The minimum atomic E-state index is 0.707. The van der Waals surface area contributed by atoms with Gasteiger partial charge in [0.05, 0.1) is 44.5 Å². The monoisotopic (exact) mass is 1650 g/mol. The quantitative estimate of drug-likeness (QED) is 0.122. The van der Waals surface area contributed by atoms with E-state index >= 15 is 0 Å². The number of hydrogen-bond acceptors (Lipinski definition) is 4. The van der Waals surface area contributed by atoms with E-state index in [-0.39, 0.29) is 0 Å². The third-order valence-corrected chi connectivity index (χ3v) is 26.4. The third-order valence-electron chi connectivity index (χ3n) is 26.4. The average molecular weight is 1650 g/mol. The molecular weight excluding hydrogens is 1570 g/mol. The van der Waals surface area contributed by atoms with E-state index in [2.05, 4.69) is 482 Å². The van der Waals surface area contributed by atoms with E-state index in [1.54, 1.807) is 0 Å². The highest BCUT2D eigenvalue weighted by atomic mass is 15.0. The number of nitrogens with zero attached hydrogens (tertiary/aromatic N) is 6. The molecule has 0 atom stereocenters. The lowest BCUT2D eigenvalue weighted by Gasteiger charge is -2.14. The van der Waals surface area contributed by atoms with Crippen LogP contribution in [0.4, 0.5) is 0 Å². The standard InChI is InChI=1S/2C62H39N3/c1-3-15-40(16-4-1)45-20-13-21-46(37-45)41-29-31-44(32-30-41)61-54-26-11-12-28-56(54)63-62(64-61)53-27-14-22-47-38-48(34-35-49(47)53)65-57-36-33-43-19-7-8-23-50(43)59(57)60-52-25-10-9-24-51(52)55(39-58(60)65)42-17-5-2-6-18-42;1-3-14-40(15-4-1)41-26-28-42(29-27-41)43-30-32-46(33-31-43)61-54-23-11-12-25-56(54)63-62(64-61)53-24-13-19-47-38-48(35-36-49(47)53)65-57-37-34-45-18-7-8-20-50(45)59(57)60-52-22-10-9-21-51(52)55(39-58(60)65)44-16-5-2-6-17-44/h2*1-39H. The van der Waals surface area contributed by atoms with Gasteiger partial charge in [0.25, 0.3) is 0 Å². The lowest BCUT2D eigenvalue weighted by Crippen LogP contribution is -1.97. The fraction of sp³-hybridized carbons (Fsp3) is 0. The molecule has 4 aromatic heterocycles. The van der Waals surface area contributed by atoms with Gasteiger partial charge < -0.3 is 9.13 Å². The molecule has 26 rings (SSSR count). The summed E-state index contributed by atoms with van der Waals surface area (Å²) in [6.07, 6.45) is 0. The van der Waals surface area contributed by atoms with Gasteiger partial charge >= 0.3 is 0 Å². The zero-order chi connectivity index (χ0) is 85.7. The molecule has 0 spiro atoms. The van der Waals surface area contributed by atoms with Crippen LogP contribution in [0.15, 0.2) is 473 Å². The van der Waals surface area contributed by atoms with Crippen molar-refractivity contribution in [2.45, 2.75) is 0 Å². The van der Waals surface area contributed by atoms with E-state index in [1.807, 2.05) is 0 Å². The minimum Gasteiger partial charge on any atom is -0.309 e. The summed E-state index contributed by atoms with van der Waals surface area (Å²) in [6, 6.07) is 170. The summed E-state index contributed by atoms with van der Waals surface area (Å²) in [5.41, 5.74) is 29.1. The number of fused-ring (bicyclic) bond motifs is 18. The Morgan fingerprint density at radius 2 is 0.446 bits per heavy atom. The zero-order valence-electron chi connectivity index (χ0n) is 70.7. The second kappa shape index (κ2) is 31.4. The molecule has 0 aliphatic rings. The van der Waals surface area contributed by atoms with Crippen LogP contribution in [0.3, 0.4) is 0 Å². The summed E-state index contributed by atoms with van der Waals surface area (Å²) in [7, 11) is 0. The van der Waals surface area contributed by atoms with Crippen LogP contribution in [0.2, 0.25) is 0 Å². The Bertz CT molecular complexity index is 8990. The number of aromatic nitrogens is 6. The minimum absolute atomic E-state index is 0.707. The van der Waals surface area contributed by atoms with E-state index in [1.165, 1.54) is 142 Å². The topological polar surface area (TPSA) is 61.4 Å². The predicted octanol–water partition coefficient (Wildman–Crippen LogP) is 33.0. The molecule has 0 aliphatic carbocycles. The maximum Gasteiger partial charge on any atom is 0.161 e. The maximum absolute atomic E-state index is 5.38. The van der Waals surface area contributed by atoms with Gasteiger partial charge in [-0.3, -0.25) is 0 Å². The lowest BCUT2D eigenvalue weighted by molar-refractivity contribution is 1.19.